The molecule has 6 rings (SSSR count). The average molecular weight is 566 g/mol. The maximum absolute atomic E-state index is 14.0. The Labute approximate surface area is 237 Å². The molecule has 0 N–H and O–H groups in total. The number of non-ortho nitro benzene ring substituents is 1. The zero-order valence-electron chi connectivity index (χ0n) is 22.3. The number of benzene rings is 3. The summed E-state index contributed by atoms with van der Waals surface area (Å²) in [4.78, 5) is 42.6. The third kappa shape index (κ3) is 4.48. The molecule has 2 aromatic heterocycles. The smallest absolute Gasteiger partial charge is 0.271 e. The highest BCUT2D eigenvalue weighted by Crippen LogP contribution is 2.40. The third-order valence-corrected chi connectivity index (χ3v) is 8.07. The molecular weight excluding hydrogens is 542 g/mol. The second-order valence-corrected chi connectivity index (χ2v) is 10.6. The highest BCUT2D eigenvalue weighted by molar-refractivity contribution is 7.07. The Morgan fingerprint density at radius 1 is 1.10 bits per heavy atom. The molecule has 3 aromatic carbocycles. The molecule has 0 bridgehead atoms. The van der Waals surface area contributed by atoms with Crippen LogP contribution in [0.25, 0.3) is 28.2 Å². The minimum atomic E-state index is -0.737. The Kier molecular flexibility index (Phi) is 6.47. The molecule has 1 aliphatic rings. The number of Topliss-reactive ketones (excluding diaryl/α,β-unsaturated/α-hetero) is 1. The average Bonchev–Trinajstić information content (AvgIpc) is 3.55. The molecule has 204 valence electrons. The van der Waals surface area contributed by atoms with Gasteiger partial charge in [-0.3, -0.25) is 24.3 Å². The van der Waals surface area contributed by atoms with Crippen molar-refractivity contribution in [1.29, 1.82) is 0 Å². The van der Waals surface area contributed by atoms with E-state index in [-0.39, 0.29) is 17.0 Å². The molecule has 5 aromatic rings. The van der Waals surface area contributed by atoms with E-state index in [0.29, 0.717) is 43.4 Å². The number of hydrogen-bond acceptors (Lipinski definition) is 8. The molecule has 0 amide bonds. The summed E-state index contributed by atoms with van der Waals surface area (Å²) in [6.45, 7) is 3.26. The lowest BCUT2D eigenvalue weighted by atomic mass is 9.89. The van der Waals surface area contributed by atoms with Crippen molar-refractivity contribution >= 4 is 39.7 Å². The van der Waals surface area contributed by atoms with E-state index in [4.69, 9.17) is 9.15 Å². The van der Waals surface area contributed by atoms with Crippen molar-refractivity contribution in [3.8, 4) is 17.1 Å². The number of thiazole rings is 1. The minimum absolute atomic E-state index is 0.0146. The number of fused-ring (bicyclic) bond motifs is 2. The van der Waals surface area contributed by atoms with Gasteiger partial charge in [-0.15, -0.1) is 0 Å². The number of carbonyl (C=O) groups excluding carboxylic acids is 1. The molecule has 1 atom stereocenters. The van der Waals surface area contributed by atoms with Gasteiger partial charge in [-0.1, -0.05) is 41.7 Å². The standard InChI is InChI=1S/C31H23N3O6S/c1-17-27(18(2)35)29(28-23-7-5-4-6-19(23)10-14-25(28)39-3)33-30(36)26(41-31(33)32-17)16-22-13-15-24(40-22)20-8-11-21(12-9-20)34(37)38/h4-16,29H,1-3H3/b26-16+/t29-/m0/s1. The van der Waals surface area contributed by atoms with E-state index in [1.807, 2.05) is 36.4 Å². The van der Waals surface area contributed by atoms with Crippen LogP contribution in [0.4, 0.5) is 5.69 Å². The van der Waals surface area contributed by atoms with Crippen LogP contribution in [0.2, 0.25) is 0 Å². The van der Waals surface area contributed by atoms with Crippen LogP contribution in [-0.4, -0.2) is 22.4 Å². The fraction of sp³-hybridized carbons (Fsp3) is 0.129. The Morgan fingerprint density at radius 2 is 1.85 bits per heavy atom. The minimum Gasteiger partial charge on any atom is -0.496 e. The van der Waals surface area contributed by atoms with Gasteiger partial charge in [0.1, 0.15) is 17.3 Å². The van der Waals surface area contributed by atoms with E-state index in [2.05, 4.69) is 4.99 Å². The SMILES string of the molecule is COc1ccc2ccccc2c1[C@@H]1C(C(C)=O)=C(C)N=c2s/c(=C/c3ccc(-c4ccc([N+](=O)[O-])cc4)o3)c(=O)n21. The van der Waals surface area contributed by atoms with E-state index < -0.39 is 11.0 Å². The van der Waals surface area contributed by atoms with Gasteiger partial charge in [0.25, 0.3) is 11.2 Å². The lowest BCUT2D eigenvalue weighted by molar-refractivity contribution is -0.384. The quantitative estimate of drug-likeness (QED) is 0.208. The summed E-state index contributed by atoms with van der Waals surface area (Å²) < 4.78 is 13.7. The number of hydrogen-bond donors (Lipinski definition) is 0. The Hall–Kier alpha value is -5.09. The van der Waals surface area contributed by atoms with Crippen LogP contribution < -0.4 is 19.6 Å². The topological polar surface area (TPSA) is 117 Å². The highest BCUT2D eigenvalue weighted by Gasteiger charge is 2.33. The fourth-order valence-electron chi connectivity index (χ4n) is 5.24. The molecule has 0 saturated heterocycles. The van der Waals surface area contributed by atoms with Crippen LogP contribution in [-0.2, 0) is 4.79 Å². The van der Waals surface area contributed by atoms with Crippen molar-refractivity contribution in [2.24, 2.45) is 4.99 Å². The van der Waals surface area contributed by atoms with Gasteiger partial charge >= 0.3 is 0 Å². The summed E-state index contributed by atoms with van der Waals surface area (Å²) in [7, 11) is 1.57. The van der Waals surface area contributed by atoms with Gasteiger partial charge in [-0.2, -0.15) is 0 Å². The Morgan fingerprint density at radius 3 is 2.56 bits per heavy atom. The normalized spacial score (nSPS) is 15.1. The van der Waals surface area contributed by atoms with Gasteiger partial charge in [0.15, 0.2) is 10.6 Å². The molecule has 0 fully saturated rings. The second-order valence-electron chi connectivity index (χ2n) is 9.55. The summed E-state index contributed by atoms with van der Waals surface area (Å²) in [5, 5.41) is 12.8. The monoisotopic (exact) mass is 565 g/mol. The number of allylic oxidation sites excluding steroid dienone is 2. The predicted octanol–water partition coefficient (Wildman–Crippen LogP) is 5.15. The van der Waals surface area contributed by atoms with Crippen molar-refractivity contribution in [2.45, 2.75) is 19.9 Å². The first-order valence-corrected chi connectivity index (χ1v) is 13.5. The van der Waals surface area contributed by atoms with Gasteiger partial charge in [-0.05, 0) is 55.0 Å². The summed E-state index contributed by atoms with van der Waals surface area (Å²) in [6.07, 6.45) is 1.64. The van der Waals surface area contributed by atoms with Gasteiger partial charge in [0.2, 0.25) is 0 Å². The Bertz CT molecular complexity index is 2080. The molecule has 1 aliphatic heterocycles. The molecule has 0 radical (unpaired) electrons. The van der Waals surface area contributed by atoms with Crippen LogP contribution in [0.15, 0.2) is 98.3 Å². The summed E-state index contributed by atoms with van der Waals surface area (Å²) in [6, 6.07) is 20.4. The number of methoxy groups -OCH3 is 1. The van der Waals surface area contributed by atoms with Crippen LogP contribution in [0.3, 0.4) is 0 Å². The molecule has 0 aliphatic carbocycles. The molecule has 0 saturated carbocycles. The van der Waals surface area contributed by atoms with Crippen LogP contribution in [0.5, 0.6) is 5.75 Å². The number of nitro benzene ring substituents is 1. The fourth-order valence-corrected chi connectivity index (χ4v) is 6.27. The van der Waals surface area contributed by atoms with E-state index >= 15 is 0 Å². The van der Waals surface area contributed by atoms with E-state index in [1.54, 1.807) is 48.9 Å². The first kappa shape index (κ1) is 26.1. The molecule has 9 nitrogen and oxygen atoms in total. The highest BCUT2D eigenvalue weighted by atomic mass is 32.1. The summed E-state index contributed by atoms with van der Waals surface area (Å²) in [5.74, 6) is 1.33. The zero-order valence-corrected chi connectivity index (χ0v) is 23.1. The van der Waals surface area contributed by atoms with Crippen LogP contribution in [0.1, 0.15) is 31.2 Å². The second kappa shape index (κ2) is 10.1. The summed E-state index contributed by atoms with van der Waals surface area (Å²) >= 11 is 1.21. The zero-order chi connectivity index (χ0) is 28.8. The van der Waals surface area contributed by atoms with Gasteiger partial charge < -0.3 is 9.15 Å². The van der Waals surface area contributed by atoms with Crippen LogP contribution >= 0.6 is 11.3 Å². The number of aromatic nitrogens is 1. The maximum atomic E-state index is 14.0. The van der Waals surface area contributed by atoms with Gasteiger partial charge in [0, 0.05) is 40.6 Å². The largest absolute Gasteiger partial charge is 0.496 e. The molecule has 3 heterocycles. The molecule has 41 heavy (non-hydrogen) atoms. The molecule has 0 unspecified atom stereocenters. The van der Waals surface area contributed by atoms with E-state index in [9.17, 15) is 19.7 Å². The number of rotatable bonds is 6. The van der Waals surface area contributed by atoms with Crippen LogP contribution in [0, 0.1) is 10.1 Å². The third-order valence-electron chi connectivity index (χ3n) is 7.09. The van der Waals surface area contributed by atoms with Crippen molar-refractivity contribution in [3.63, 3.8) is 0 Å². The van der Waals surface area contributed by atoms with Gasteiger partial charge in [-0.25, -0.2) is 4.99 Å². The number of furan rings is 1. The first-order valence-electron chi connectivity index (χ1n) is 12.7. The molecular formula is C31H23N3O6S. The Balaban J connectivity index is 1.52. The number of carbonyl (C=O) groups is 1. The predicted molar refractivity (Wildman–Crippen MR) is 156 cm³/mol. The van der Waals surface area contributed by atoms with Crippen molar-refractivity contribution < 1.29 is 18.9 Å². The van der Waals surface area contributed by atoms with Gasteiger partial charge in [0.05, 0.1) is 22.6 Å². The maximum Gasteiger partial charge on any atom is 0.271 e. The molecule has 10 heteroatoms. The van der Waals surface area contributed by atoms with Crippen molar-refractivity contribution in [2.75, 3.05) is 7.11 Å². The van der Waals surface area contributed by atoms with E-state index in [1.165, 1.54) is 30.4 Å². The van der Waals surface area contributed by atoms with Crippen molar-refractivity contribution in [1.82, 2.24) is 4.57 Å². The number of nitro groups is 1. The van der Waals surface area contributed by atoms with Crippen molar-refractivity contribution in [3.05, 3.63) is 125 Å². The lowest BCUT2D eigenvalue weighted by Gasteiger charge is -2.27. The number of nitrogens with zero attached hydrogens (tertiary/aromatic N) is 3. The number of ketones is 1. The van der Waals surface area contributed by atoms with E-state index in [0.717, 1.165) is 16.3 Å². The molecule has 0 spiro atoms. The first-order chi connectivity index (χ1) is 19.8. The summed E-state index contributed by atoms with van der Waals surface area (Å²) in [5.41, 5.74) is 2.03. The number of ether oxygens (including phenoxy) is 1. The lowest BCUT2D eigenvalue weighted by Crippen LogP contribution is -2.39.